The minimum Gasteiger partial charge on any atom is -0.463 e. The number of carbonyl (C=O) groups excluding carboxylic acids is 1. The smallest absolute Gasteiger partial charge is 0.302 e. The van der Waals surface area contributed by atoms with Gasteiger partial charge in [-0.3, -0.25) is 4.79 Å². The van der Waals surface area contributed by atoms with Gasteiger partial charge in [0.25, 0.3) is 0 Å². The molecule has 4 aliphatic carbocycles. The van der Waals surface area contributed by atoms with Crippen molar-refractivity contribution < 1.29 is 24.0 Å². The Hall–Kier alpha value is -1.54. The normalized spacial score (nSPS) is 53.8. The molecule has 1 spiro atoms. The molecule has 0 aromatic rings. The van der Waals surface area contributed by atoms with Gasteiger partial charge in [-0.1, -0.05) is 27.7 Å². The molecule has 0 radical (unpaired) electrons. The molecule has 37 heavy (non-hydrogen) atoms. The van der Waals surface area contributed by atoms with E-state index in [9.17, 15) is 14.9 Å². The second kappa shape index (κ2) is 8.73. The summed E-state index contributed by atoms with van der Waals surface area (Å²) in [5.74, 6) is 2.03. The average molecular weight is 517 g/mol. The van der Waals surface area contributed by atoms with Crippen molar-refractivity contribution in [2.45, 2.75) is 110 Å². The molecule has 0 unspecified atom stereocenters. The lowest BCUT2D eigenvalue weighted by atomic mass is 9.44. The second-order valence-electron chi connectivity index (χ2n) is 14.0. The van der Waals surface area contributed by atoms with E-state index in [0.717, 1.165) is 25.7 Å². The van der Waals surface area contributed by atoms with Crippen molar-refractivity contribution >= 4 is 11.7 Å². The van der Waals surface area contributed by atoms with Crippen LogP contribution in [0.3, 0.4) is 0 Å². The Kier molecular flexibility index (Phi) is 6.07. The maximum atomic E-state index is 11.6. The number of hydrazone groups is 1. The largest absolute Gasteiger partial charge is 0.463 e. The summed E-state index contributed by atoms with van der Waals surface area (Å²) < 4.78 is 18.8. The van der Waals surface area contributed by atoms with E-state index < -0.39 is 10.8 Å². The van der Waals surface area contributed by atoms with E-state index >= 15 is 0 Å². The highest BCUT2D eigenvalue weighted by Crippen LogP contribution is 2.71. The van der Waals surface area contributed by atoms with Gasteiger partial charge in [-0.15, -0.1) is 0 Å². The Labute approximate surface area is 220 Å². The first-order valence-corrected chi connectivity index (χ1v) is 14.7. The van der Waals surface area contributed by atoms with E-state index in [1.807, 2.05) is 0 Å². The summed E-state index contributed by atoms with van der Waals surface area (Å²) in [5.41, 5.74) is 0.948. The monoisotopic (exact) mass is 516 g/mol. The van der Waals surface area contributed by atoms with Crippen LogP contribution in [0.25, 0.3) is 0 Å². The van der Waals surface area contributed by atoms with Crippen LogP contribution in [0.15, 0.2) is 5.10 Å². The van der Waals surface area contributed by atoms with Crippen LogP contribution in [-0.2, 0) is 19.0 Å². The minimum atomic E-state index is -1.04. The van der Waals surface area contributed by atoms with E-state index in [1.54, 1.807) is 0 Å². The van der Waals surface area contributed by atoms with Crippen molar-refractivity contribution in [2.24, 2.45) is 57.4 Å². The fourth-order valence-corrected chi connectivity index (χ4v) is 10.8. The van der Waals surface area contributed by atoms with Crippen LogP contribution in [0.5, 0.6) is 0 Å². The third-order valence-electron chi connectivity index (χ3n) is 12.2. The predicted molar refractivity (Wildman–Crippen MR) is 137 cm³/mol. The van der Waals surface area contributed by atoms with Gasteiger partial charge >= 0.3 is 5.97 Å². The summed E-state index contributed by atoms with van der Waals surface area (Å²) in [7, 11) is 0. The number of esters is 1. The van der Waals surface area contributed by atoms with Crippen LogP contribution in [0.2, 0.25) is 0 Å². The average Bonchev–Trinajstić information content (AvgIpc) is 3.27. The van der Waals surface area contributed by atoms with E-state index in [0.29, 0.717) is 53.7 Å². The van der Waals surface area contributed by atoms with Crippen molar-refractivity contribution in [3.63, 3.8) is 0 Å². The summed E-state index contributed by atoms with van der Waals surface area (Å²) in [6.45, 7) is 11.4. The molecule has 8 nitrogen and oxygen atoms in total. The Morgan fingerprint density at radius 3 is 2.57 bits per heavy atom. The molecule has 0 amide bonds. The van der Waals surface area contributed by atoms with Crippen molar-refractivity contribution in [2.75, 3.05) is 6.61 Å². The molecule has 6 fully saturated rings. The topological polar surface area (TPSA) is 100 Å². The van der Waals surface area contributed by atoms with Crippen molar-refractivity contribution in [1.82, 2.24) is 0 Å². The number of rotatable bonds is 2. The van der Waals surface area contributed by atoms with E-state index in [4.69, 9.17) is 14.2 Å². The summed E-state index contributed by atoms with van der Waals surface area (Å²) in [6, 6.07) is 0. The third kappa shape index (κ3) is 3.75. The molecule has 2 heterocycles. The van der Waals surface area contributed by atoms with Crippen molar-refractivity contribution in [3.05, 3.63) is 10.1 Å². The Morgan fingerprint density at radius 2 is 1.84 bits per heavy atom. The molecule has 206 valence electrons. The summed E-state index contributed by atoms with van der Waals surface area (Å²) in [5, 5.41) is 14.7. The van der Waals surface area contributed by atoms with E-state index in [2.05, 4.69) is 32.8 Å². The van der Waals surface area contributed by atoms with Crippen LogP contribution in [-0.4, -0.2) is 41.3 Å². The standard InChI is InChI=1S/C29H44N2O6/c1-16-12-25(30-31(33)34)29(35-15-16)17(2)26-24(37-29)14-23-21-7-6-19-13-20(36-18(3)32)8-10-27(19,4)22(21)9-11-28(23,26)5/h16-17,19-24,26H,6-15H2,1-5H3/b30-25+/t16-,17-,19+,20+,21+,22-,23-,24-,26-,27-,28-,29-/m0/s1. The molecule has 6 aliphatic rings. The Bertz CT molecular complexity index is 1000. The van der Waals surface area contributed by atoms with E-state index in [-0.39, 0.29) is 35.4 Å². The highest BCUT2D eigenvalue weighted by Gasteiger charge is 2.70. The molecule has 4 saturated carbocycles. The van der Waals surface area contributed by atoms with Gasteiger partial charge in [0.05, 0.1) is 17.8 Å². The number of nitro groups is 1. The first-order chi connectivity index (χ1) is 17.5. The van der Waals surface area contributed by atoms with Crippen molar-refractivity contribution in [1.29, 1.82) is 0 Å². The van der Waals surface area contributed by atoms with Gasteiger partial charge in [0.2, 0.25) is 5.79 Å². The number of ether oxygens (including phenoxy) is 3. The van der Waals surface area contributed by atoms with Crippen molar-refractivity contribution in [3.8, 4) is 0 Å². The molecule has 0 aromatic carbocycles. The molecule has 12 atom stereocenters. The Balaban J connectivity index is 1.24. The summed E-state index contributed by atoms with van der Waals surface area (Å²) in [4.78, 5) is 23.0. The van der Waals surface area contributed by atoms with Gasteiger partial charge in [0.15, 0.2) is 10.7 Å². The fraction of sp³-hybridized carbons (Fsp3) is 0.931. The molecule has 2 saturated heterocycles. The molecule has 0 aromatic heterocycles. The minimum absolute atomic E-state index is 0.0429. The molecule has 0 bridgehead atoms. The zero-order chi connectivity index (χ0) is 26.3. The first kappa shape index (κ1) is 25.7. The highest BCUT2D eigenvalue weighted by atomic mass is 16.7. The van der Waals surface area contributed by atoms with Crippen LogP contribution < -0.4 is 0 Å². The van der Waals surface area contributed by atoms with E-state index in [1.165, 1.54) is 32.6 Å². The maximum Gasteiger partial charge on any atom is 0.302 e. The van der Waals surface area contributed by atoms with Gasteiger partial charge in [-0.25, -0.2) is 10.1 Å². The third-order valence-corrected chi connectivity index (χ3v) is 12.2. The number of nitrogens with zero attached hydrogens (tertiary/aromatic N) is 2. The summed E-state index contributed by atoms with van der Waals surface area (Å²) in [6.07, 6.45) is 9.78. The molecular formula is C29H44N2O6. The quantitative estimate of drug-likeness (QED) is 0.269. The molecule has 2 aliphatic heterocycles. The fourth-order valence-electron chi connectivity index (χ4n) is 10.8. The lowest BCUT2D eigenvalue weighted by Crippen LogP contribution is -2.56. The number of hydrogen-bond acceptors (Lipinski definition) is 6. The van der Waals surface area contributed by atoms with Crippen LogP contribution in [0.4, 0.5) is 0 Å². The van der Waals surface area contributed by atoms with Gasteiger partial charge in [-0.2, -0.15) is 0 Å². The second-order valence-corrected chi connectivity index (χ2v) is 14.0. The SMILES string of the molecule is CC(=O)O[C@@H]1CC[C@@]2(C)[C@H](CC[C@@H]3[C@@H]2CC[C@]2(C)[C@@H]4[C@H](C[C@@H]32)O[C@@]2(OC[C@@H](C)C/C2=N\[N+](=O)[O-])[C@H]4C)C1. The highest BCUT2D eigenvalue weighted by molar-refractivity contribution is 5.92. The zero-order valence-electron chi connectivity index (χ0n) is 23.1. The lowest BCUT2D eigenvalue weighted by molar-refractivity contribution is -0.486. The molecule has 6 rings (SSSR count). The van der Waals surface area contributed by atoms with Gasteiger partial charge in [-0.05, 0) is 97.7 Å². The maximum absolute atomic E-state index is 11.6. The number of hydrogen-bond donors (Lipinski definition) is 0. The van der Waals surface area contributed by atoms with Gasteiger partial charge < -0.3 is 14.2 Å². The molecular weight excluding hydrogens is 472 g/mol. The van der Waals surface area contributed by atoms with Crippen LogP contribution in [0.1, 0.15) is 92.4 Å². The zero-order valence-corrected chi connectivity index (χ0v) is 23.1. The van der Waals surface area contributed by atoms with Gasteiger partial charge in [0, 0.05) is 19.3 Å². The summed E-state index contributed by atoms with van der Waals surface area (Å²) >= 11 is 0. The number of carbonyl (C=O) groups is 1. The van der Waals surface area contributed by atoms with Crippen LogP contribution in [0, 0.1) is 62.4 Å². The molecule has 8 heteroatoms. The predicted octanol–water partition coefficient (Wildman–Crippen LogP) is 5.61. The Morgan fingerprint density at radius 1 is 1.08 bits per heavy atom. The van der Waals surface area contributed by atoms with Gasteiger partial charge in [0.1, 0.15) is 6.10 Å². The first-order valence-electron chi connectivity index (χ1n) is 14.7. The lowest BCUT2D eigenvalue weighted by Gasteiger charge is -2.61. The number of fused-ring (bicyclic) bond motifs is 7. The molecule has 0 N–H and O–H groups in total. The van der Waals surface area contributed by atoms with Crippen LogP contribution >= 0.6 is 0 Å².